The number of aromatic amines is 1. The van der Waals surface area contributed by atoms with Crippen molar-refractivity contribution in [3.8, 4) is 5.88 Å². The monoisotopic (exact) mass is 371 g/mol. The van der Waals surface area contributed by atoms with Crippen LogP contribution in [-0.2, 0) is 6.54 Å². The highest BCUT2D eigenvalue weighted by atomic mass is 32.1. The van der Waals surface area contributed by atoms with E-state index in [1.54, 1.807) is 12.3 Å². The molecule has 0 amide bonds. The normalized spacial score (nSPS) is 17.5. The summed E-state index contributed by atoms with van der Waals surface area (Å²) in [6.07, 6.45) is 9.68. The summed E-state index contributed by atoms with van der Waals surface area (Å²) in [6.45, 7) is 4.71. The fraction of sp³-hybridized carbons (Fsp3) is 0.333. The topological polar surface area (TPSA) is 86.5 Å². The van der Waals surface area contributed by atoms with Gasteiger partial charge in [-0.1, -0.05) is 12.1 Å². The number of piperidine rings is 1. The summed E-state index contributed by atoms with van der Waals surface area (Å²) in [6, 6.07) is 4.04. The van der Waals surface area contributed by atoms with Crippen LogP contribution in [0.4, 0.5) is 0 Å². The molecule has 0 saturated carbocycles. The van der Waals surface area contributed by atoms with Gasteiger partial charge in [-0.3, -0.25) is 24.3 Å². The van der Waals surface area contributed by atoms with Crippen molar-refractivity contribution in [2.24, 2.45) is 5.10 Å². The third-order valence-corrected chi connectivity index (χ3v) is 4.72. The number of pyridine rings is 1. The van der Waals surface area contributed by atoms with Crippen molar-refractivity contribution in [2.45, 2.75) is 31.8 Å². The van der Waals surface area contributed by atoms with Crippen LogP contribution in [0.3, 0.4) is 0 Å². The van der Waals surface area contributed by atoms with Crippen LogP contribution in [0.15, 0.2) is 47.1 Å². The van der Waals surface area contributed by atoms with Gasteiger partial charge in [-0.15, -0.1) is 6.58 Å². The van der Waals surface area contributed by atoms with E-state index < -0.39 is 5.56 Å². The molecule has 3 rings (SSSR count). The molecule has 1 fully saturated rings. The Hall–Kier alpha value is -2.74. The van der Waals surface area contributed by atoms with E-state index in [1.165, 1.54) is 10.8 Å². The van der Waals surface area contributed by atoms with Gasteiger partial charge < -0.3 is 5.11 Å². The van der Waals surface area contributed by atoms with Crippen molar-refractivity contribution >= 4 is 18.4 Å². The number of nitrogens with one attached hydrogen (secondary N) is 1. The summed E-state index contributed by atoms with van der Waals surface area (Å²) >= 11 is 5.08. The van der Waals surface area contributed by atoms with Crippen LogP contribution in [0, 0.1) is 4.77 Å². The predicted molar refractivity (Wildman–Crippen MR) is 103 cm³/mol. The van der Waals surface area contributed by atoms with E-state index >= 15 is 0 Å². The second-order valence-corrected chi connectivity index (χ2v) is 6.49. The van der Waals surface area contributed by atoms with E-state index in [1.807, 2.05) is 23.3 Å². The average Bonchev–Trinajstić information content (AvgIpc) is 2.66. The maximum Gasteiger partial charge on any atom is 0.264 e. The Kier molecular flexibility index (Phi) is 5.62. The second kappa shape index (κ2) is 8.09. The predicted octanol–water partition coefficient (Wildman–Crippen LogP) is 2.75. The molecule has 1 aliphatic rings. The van der Waals surface area contributed by atoms with Crippen LogP contribution in [0.1, 0.15) is 36.4 Å². The SMILES string of the molecule is C=CCn1c(O)c(/C=N/N2CCCC[C@H]2c2cccnc2)c(=O)[nH]c1=S. The fourth-order valence-electron chi connectivity index (χ4n) is 3.09. The summed E-state index contributed by atoms with van der Waals surface area (Å²) < 4.78 is 1.55. The lowest BCUT2D eigenvalue weighted by Crippen LogP contribution is -2.29. The van der Waals surface area contributed by atoms with Gasteiger partial charge in [0.1, 0.15) is 5.56 Å². The van der Waals surface area contributed by atoms with Crippen LogP contribution in [0.5, 0.6) is 5.88 Å². The summed E-state index contributed by atoms with van der Waals surface area (Å²) in [4.78, 5) is 18.9. The fourth-order valence-corrected chi connectivity index (χ4v) is 3.34. The van der Waals surface area contributed by atoms with E-state index in [-0.39, 0.29) is 22.3 Å². The van der Waals surface area contributed by atoms with E-state index in [9.17, 15) is 9.90 Å². The first-order chi connectivity index (χ1) is 12.6. The number of aromatic hydroxyl groups is 1. The van der Waals surface area contributed by atoms with Gasteiger partial charge in [0.15, 0.2) is 4.77 Å². The first kappa shape index (κ1) is 18.1. The van der Waals surface area contributed by atoms with Gasteiger partial charge >= 0.3 is 0 Å². The average molecular weight is 371 g/mol. The molecular formula is C18H21N5O2S. The molecule has 2 aromatic rings. The van der Waals surface area contributed by atoms with E-state index in [2.05, 4.69) is 21.6 Å². The Labute approximate surface area is 156 Å². The molecule has 8 heteroatoms. The summed E-state index contributed by atoms with van der Waals surface area (Å²) in [7, 11) is 0. The van der Waals surface area contributed by atoms with E-state index in [0.29, 0.717) is 6.54 Å². The highest BCUT2D eigenvalue weighted by molar-refractivity contribution is 7.71. The number of allylic oxidation sites excluding steroid dienone is 1. The van der Waals surface area contributed by atoms with Gasteiger partial charge in [0, 0.05) is 25.5 Å². The van der Waals surface area contributed by atoms with Gasteiger partial charge in [0.2, 0.25) is 5.88 Å². The molecular weight excluding hydrogens is 350 g/mol. The van der Waals surface area contributed by atoms with Crippen molar-refractivity contribution in [1.29, 1.82) is 0 Å². The summed E-state index contributed by atoms with van der Waals surface area (Å²) in [5.74, 6) is -0.211. The van der Waals surface area contributed by atoms with Crippen LogP contribution in [0.25, 0.3) is 0 Å². The highest BCUT2D eigenvalue weighted by Gasteiger charge is 2.23. The van der Waals surface area contributed by atoms with Gasteiger partial charge in [0.05, 0.1) is 12.3 Å². The minimum Gasteiger partial charge on any atom is -0.494 e. The van der Waals surface area contributed by atoms with Crippen molar-refractivity contribution in [3.63, 3.8) is 0 Å². The Bertz CT molecular complexity index is 919. The Morgan fingerprint density at radius 3 is 3.08 bits per heavy atom. The molecule has 1 saturated heterocycles. The van der Waals surface area contributed by atoms with Crippen LogP contribution in [-0.4, -0.2) is 37.4 Å². The van der Waals surface area contributed by atoms with Gasteiger partial charge in [-0.2, -0.15) is 5.10 Å². The van der Waals surface area contributed by atoms with Crippen molar-refractivity contribution in [2.75, 3.05) is 6.54 Å². The quantitative estimate of drug-likeness (QED) is 0.479. The maximum absolute atomic E-state index is 12.2. The molecule has 26 heavy (non-hydrogen) atoms. The Balaban J connectivity index is 1.93. The molecule has 7 nitrogen and oxygen atoms in total. The van der Waals surface area contributed by atoms with Crippen LogP contribution in [0.2, 0.25) is 0 Å². The molecule has 2 aromatic heterocycles. The Morgan fingerprint density at radius 2 is 2.35 bits per heavy atom. The van der Waals surface area contributed by atoms with Crippen molar-refractivity contribution in [3.05, 3.63) is 63.4 Å². The second-order valence-electron chi connectivity index (χ2n) is 6.10. The molecule has 0 aromatic carbocycles. The standard InChI is InChI=1S/C18H21N5O2S/c1-2-9-22-17(25)14(16(24)21-18(22)26)12-20-23-10-4-3-7-15(23)13-6-5-8-19-11-13/h2,5-6,8,11-12,15,25H,1,3-4,7,9-10H2,(H,21,24,26)/b20-12+/t15-/m0/s1. The number of hydrogen-bond acceptors (Lipinski definition) is 6. The lowest BCUT2D eigenvalue weighted by atomic mass is 9.98. The highest BCUT2D eigenvalue weighted by Crippen LogP contribution is 2.30. The smallest absolute Gasteiger partial charge is 0.264 e. The molecule has 136 valence electrons. The third-order valence-electron chi connectivity index (χ3n) is 4.40. The van der Waals surface area contributed by atoms with Crippen molar-refractivity contribution < 1.29 is 5.11 Å². The molecule has 0 bridgehead atoms. The van der Waals surface area contributed by atoms with E-state index in [4.69, 9.17) is 12.2 Å². The van der Waals surface area contributed by atoms with Crippen LogP contribution < -0.4 is 5.56 Å². The zero-order valence-electron chi connectivity index (χ0n) is 14.3. The largest absolute Gasteiger partial charge is 0.494 e. The maximum atomic E-state index is 12.2. The minimum absolute atomic E-state index is 0.0796. The summed E-state index contributed by atoms with van der Waals surface area (Å²) in [5.41, 5.74) is 0.701. The molecule has 1 aliphatic heterocycles. The zero-order valence-corrected chi connectivity index (χ0v) is 15.2. The Morgan fingerprint density at radius 1 is 1.50 bits per heavy atom. The van der Waals surface area contributed by atoms with E-state index in [0.717, 1.165) is 31.4 Å². The lowest BCUT2D eigenvalue weighted by Gasteiger charge is -2.33. The van der Waals surface area contributed by atoms with Crippen LogP contribution >= 0.6 is 12.2 Å². The zero-order chi connectivity index (χ0) is 18.5. The number of rotatable bonds is 5. The molecule has 0 unspecified atom stereocenters. The van der Waals surface area contributed by atoms with Gasteiger partial charge in [-0.25, -0.2) is 0 Å². The summed E-state index contributed by atoms with van der Waals surface area (Å²) in [5, 5.41) is 16.8. The van der Waals surface area contributed by atoms with Crippen molar-refractivity contribution in [1.82, 2.24) is 19.5 Å². The molecule has 2 N–H and O–H groups in total. The molecule has 1 atom stereocenters. The number of hydrogen-bond donors (Lipinski definition) is 2. The number of aromatic nitrogens is 3. The number of H-pyrrole nitrogens is 1. The molecule has 0 radical (unpaired) electrons. The van der Waals surface area contributed by atoms with Gasteiger partial charge in [-0.05, 0) is 43.1 Å². The number of nitrogens with zero attached hydrogens (tertiary/aromatic N) is 4. The molecule has 3 heterocycles. The molecule has 0 aliphatic carbocycles. The number of hydrazone groups is 1. The first-order valence-corrected chi connectivity index (χ1v) is 8.90. The molecule has 0 spiro atoms. The third kappa shape index (κ3) is 3.75. The van der Waals surface area contributed by atoms with Gasteiger partial charge in [0.25, 0.3) is 5.56 Å². The minimum atomic E-state index is -0.466. The first-order valence-electron chi connectivity index (χ1n) is 8.49. The lowest BCUT2D eigenvalue weighted by molar-refractivity contribution is 0.156.